The van der Waals surface area contributed by atoms with Crippen molar-refractivity contribution in [3.8, 4) is 0 Å². The van der Waals surface area contributed by atoms with E-state index in [9.17, 15) is 4.79 Å². The molecule has 23 heavy (non-hydrogen) atoms. The van der Waals surface area contributed by atoms with E-state index in [1.165, 1.54) is 0 Å². The number of amides is 1. The van der Waals surface area contributed by atoms with E-state index in [1.54, 1.807) is 0 Å². The fourth-order valence-electron chi connectivity index (χ4n) is 3.40. The first-order chi connectivity index (χ1) is 11.3. The Morgan fingerprint density at radius 2 is 2.17 bits per heavy atom. The number of benzene rings is 1. The van der Waals surface area contributed by atoms with Crippen LogP contribution in [0.5, 0.6) is 0 Å². The van der Waals surface area contributed by atoms with Gasteiger partial charge in [-0.1, -0.05) is 30.3 Å². The molecule has 0 unspecified atom stereocenters. The maximum Gasteiger partial charge on any atom is 0.223 e. The van der Waals surface area contributed by atoms with Gasteiger partial charge in [-0.2, -0.15) is 0 Å². The molecule has 0 spiro atoms. The highest BCUT2D eigenvalue weighted by molar-refractivity contribution is 5.78. The summed E-state index contributed by atoms with van der Waals surface area (Å²) in [6, 6.07) is 10.4. The molecule has 3 rings (SSSR count). The van der Waals surface area contributed by atoms with Gasteiger partial charge in [0.05, 0.1) is 25.9 Å². The van der Waals surface area contributed by atoms with Gasteiger partial charge in [-0.3, -0.25) is 4.79 Å². The number of hydrogen-bond acceptors (Lipinski definition) is 4. The van der Waals surface area contributed by atoms with Gasteiger partial charge in [-0.05, 0) is 24.8 Å². The average Bonchev–Trinajstić information content (AvgIpc) is 2.61. The summed E-state index contributed by atoms with van der Waals surface area (Å²) in [5, 5.41) is 6.47. The van der Waals surface area contributed by atoms with Crippen molar-refractivity contribution in [2.45, 2.75) is 38.0 Å². The molecular weight excluding hydrogens is 292 g/mol. The quantitative estimate of drug-likeness (QED) is 0.780. The maximum absolute atomic E-state index is 12.3. The van der Waals surface area contributed by atoms with Crippen LogP contribution in [0.25, 0.3) is 0 Å². The smallest absolute Gasteiger partial charge is 0.223 e. The van der Waals surface area contributed by atoms with Gasteiger partial charge in [0.25, 0.3) is 0 Å². The van der Waals surface area contributed by atoms with Gasteiger partial charge in [0.2, 0.25) is 5.91 Å². The Bertz CT molecular complexity index is 494. The lowest BCUT2D eigenvalue weighted by Crippen LogP contribution is -2.53. The van der Waals surface area contributed by atoms with Crippen molar-refractivity contribution in [1.82, 2.24) is 10.6 Å². The molecule has 1 aromatic carbocycles. The number of hydrogen-bond donors (Lipinski definition) is 2. The molecule has 0 bridgehead atoms. The van der Waals surface area contributed by atoms with Gasteiger partial charge in [0.15, 0.2) is 0 Å². The number of nitrogens with one attached hydrogen (secondary N) is 2. The predicted octanol–water partition coefficient (Wildman–Crippen LogP) is 1.48. The first kappa shape index (κ1) is 16.4. The zero-order chi connectivity index (χ0) is 15.9. The van der Waals surface area contributed by atoms with E-state index >= 15 is 0 Å². The molecule has 2 fully saturated rings. The summed E-state index contributed by atoms with van der Waals surface area (Å²) in [6.45, 7) is 3.38. The molecule has 5 nitrogen and oxygen atoms in total. The third kappa shape index (κ3) is 4.77. The second-order valence-electron chi connectivity index (χ2n) is 6.31. The third-order valence-electron chi connectivity index (χ3n) is 4.66. The monoisotopic (exact) mass is 318 g/mol. The van der Waals surface area contributed by atoms with E-state index in [0.717, 1.165) is 38.0 Å². The van der Waals surface area contributed by atoms with Crippen molar-refractivity contribution in [2.24, 2.45) is 5.92 Å². The molecule has 1 aliphatic heterocycles. The van der Waals surface area contributed by atoms with E-state index < -0.39 is 0 Å². The molecule has 1 saturated carbocycles. The van der Waals surface area contributed by atoms with E-state index in [4.69, 9.17) is 9.47 Å². The van der Waals surface area contributed by atoms with Crippen LogP contribution in [0.4, 0.5) is 0 Å². The summed E-state index contributed by atoms with van der Waals surface area (Å²) in [7, 11) is 0. The highest BCUT2D eigenvalue weighted by Gasteiger charge is 2.35. The second kappa shape index (κ2) is 8.43. The van der Waals surface area contributed by atoms with Crippen molar-refractivity contribution in [3.05, 3.63) is 35.9 Å². The first-order valence-electron chi connectivity index (χ1n) is 8.57. The summed E-state index contributed by atoms with van der Waals surface area (Å²) in [6.07, 6.45) is 3.06. The Balaban J connectivity index is 1.32. The van der Waals surface area contributed by atoms with Crippen LogP contribution in [0.3, 0.4) is 0 Å². The van der Waals surface area contributed by atoms with Crippen molar-refractivity contribution in [1.29, 1.82) is 0 Å². The van der Waals surface area contributed by atoms with Crippen molar-refractivity contribution >= 4 is 5.91 Å². The van der Waals surface area contributed by atoms with Gasteiger partial charge in [0, 0.05) is 25.0 Å². The molecule has 126 valence electrons. The van der Waals surface area contributed by atoms with Crippen LogP contribution in [-0.4, -0.2) is 44.4 Å². The van der Waals surface area contributed by atoms with Crippen LogP contribution in [0.1, 0.15) is 24.8 Å². The Morgan fingerprint density at radius 3 is 3.04 bits per heavy atom. The largest absolute Gasteiger partial charge is 0.375 e. The topological polar surface area (TPSA) is 59.6 Å². The number of ether oxygens (including phenoxy) is 2. The SMILES string of the molecule is O=C(NCCOCc1ccccc1)[C@H]1CC[C@H]2OCCN[C@@H]2C1. The molecule has 0 aromatic heterocycles. The van der Waals surface area contributed by atoms with Crippen molar-refractivity contribution in [2.75, 3.05) is 26.3 Å². The standard InChI is InChI=1S/C18H26N2O3/c21-18(15-6-7-17-16(12-15)19-9-11-23-17)20-8-10-22-13-14-4-2-1-3-5-14/h1-5,15-17,19H,6-13H2,(H,20,21)/t15-,16+,17+/m0/s1. The summed E-state index contributed by atoms with van der Waals surface area (Å²) in [5.74, 6) is 0.249. The fraction of sp³-hybridized carbons (Fsp3) is 0.611. The van der Waals surface area contributed by atoms with Crippen LogP contribution in [0, 0.1) is 5.92 Å². The number of carbonyl (C=O) groups is 1. The molecule has 1 amide bonds. The van der Waals surface area contributed by atoms with E-state index in [0.29, 0.717) is 31.9 Å². The number of rotatable bonds is 6. The van der Waals surface area contributed by atoms with Gasteiger partial charge < -0.3 is 20.1 Å². The predicted molar refractivity (Wildman–Crippen MR) is 88.0 cm³/mol. The minimum absolute atomic E-state index is 0.0968. The number of fused-ring (bicyclic) bond motifs is 1. The normalized spacial score (nSPS) is 27.2. The molecule has 1 aliphatic carbocycles. The molecular formula is C18H26N2O3. The molecule has 2 N–H and O–H groups in total. The van der Waals surface area contributed by atoms with Crippen molar-refractivity contribution in [3.63, 3.8) is 0 Å². The average molecular weight is 318 g/mol. The van der Waals surface area contributed by atoms with E-state index in [1.807, 2.05) is 30.3 Å². The van der Waals surface area contributed by atoms with Crippen molar-refractivity contribution < 1.29 is 14.3 Å². The van der Waals surface area contributed by atoms with Gasteiger partial charge in [-0.15, -0.1) is 0 Å². The van der Waals surface area contributed by atoms with E-state index in [-0.39, 0.29) is 11.8 Å². The van der Waals surface area contributed by atoms with Gasteiger partial charge in [0.1, 0.15) is 0 Å². The summed E-state index contributed by atoms with van der Waals surface area (Å²) < 4.78 is 11.3. The lowest BCUT2D eigenvalue weighted by atomic mass is 9.82. The third-order valence-corrected chi connectivity index (χ3v) is 4.66. The minimum atomic E-state index is 0.0968. The van der Waals surface area contributed by atoms with Crippen LogP contribution < -0.4 is 10.6 Å². The molecule has 5 heteroatoms. The number of carbonyl (C=O) groups excluding carboxylic acids is 1. The van der Waals surface area contributed by atoms with Gasteiger partial charge in [-0.25, -0.2) is 0 Å². The lowest BCUT2D eigenvalue weighted by molar-refractivity contribution is -0.128. The maximum atomic E-state index is 12.3. The summed E-state index contributed by atoms with van der Waals surface area (Å²) in [4.78, 5) is 12.3. The van der Waals surface area contributed by atoms with Crippen LogP contribution in [-0.2, 0) is 20.9 Å². The van der Waals surface area contributed by atoms with Gasteiger partial charge >= 0.3 is 0 Å². The zero-order valence-electron chi connectivity index (χ0n) is 13.5. The van der Waals surface area contributed by atoms with E-state index in [2.05, 4.69) is 10.6 Å². The lowest BCUT2D eigenvalue weighted by Gasteiger charge is -2.39. The summed E-state index contributed by atoms with van der Waals surface area (Å²) >= 11 is 0. The Labute approximate surface area is 137 Å². The molecule has 1 saturated heterocycles. The molecule has 1 aromatic rings. The Kier molecular flexibility index (Phi) is 6.02. The highest BCUT2D eigenvalue weighted by atomic mass is 16.5. The Hall–Kier alpha value is -1.43. The zero-order valence-corrected chi connectivity index (χ0v) is 13.5. The molecule has 0 radical (unpaired) electrons. The molecule has 2 aliphatic rings. The molecule has 3 atom stereocenters. The second-order valence-corrected chi connectivity index (χ2v) is 6.31. The highest BCUT2D eigenvalue weighted by Crippen LogP contribution is 2.28. The van der Waals surface area contributed by atoms with Crippen LogP contribution >= 0.6 is 0 Å². The van der Waals surface area contributed by atoms with Crippen LogP contribution in [0.2, 0.25) is 0 Å². The molecule has 1 heterocycles. The fourth-order valence-corrected chi connectivity index (χ4v) is 3.40. The summed E-state index contributed by atoms with van der Waals surface area (Å²) in [5.41, 5.74) is 1.15. The number of morpholine rings is 1. The van der Waals surface area contributed by atoms with Crippen LogP contribution in [0.15, 0.2) is 30.3 Å². The Morgan fingerprint density at radius 1 is 1.30 bits per heavy atom. The minimum Gasteiger partial charge on any atom is -0.375 e. The first-order valence-corrected chi connectivity index (χ1v) is 8.57.